The molecule has 1 saturated heterocycles. The summed E-state index contributed by atoms with van der Waals surface area (Å²) in [5.74, 6) is -0.207. The van der Waals surface area contributed by atoms with Crippen molar-refractivity contribution in [2.24, 2.45) is 0 Å². The van der Waals surface area contributed by atoms with Crippen LogP contribution >= 0.6 is 12.4 Å². The van der Waals surface area contributed by atoms with Gasteiger partial charge in [-0.1, -0.05) is 18.2 Å². The van der Waals surface area contributed by atoms with Crippen molar-refractivity contribution >= 4 is 34.2 Å². The highest BCUT2D eigenvalue weighted by Gasteiger charge is 2.20. The van der Waals surface area contributed by atoms with Crippen molar-refractivity contribution in [3.63, 3.8) is 0 Å². The minimum atomic E-state index is -2.85. The van der Waals surface area contributed by atoms with E-state index in [0.717, 1.165) is 13.0 Å². The van der Waals surface area contributed by atoms with Crippen LogP contribution in [0.2, 0.25) is 0 Å². The largest absolute Gasteiger partial charge is 0.353 e. The van der Waals surface area contributed by atoms with Crippen LogP contribution in [0.1, 0.15) is 12.0 Å². The van der Waals surface area contributed by atoms with Gasteiger partial charge in [0.05, 0.1) is 11.5 Å². The zero-order chi connectivity index (χ0) is 16.7. The molecule has 8 heteroatoms. The molecule has 1 fully saturated rings. The number of benzene rings is 1. The molecule has 2 rings (SSSR count). The molecule has 0 aliphatic carbocycles. The number of hydrogen-bond acceptors (Lipinski definition) is 4. The van der Waals surface area contributed by atoms with Gasteiger partial charge >= 0.3 is 0 Å². The lowest BCUT2D eigenvalue weighted by atomic mass is 10.2. The zero-order valence-electron chi connectivity index (χ0n) is 13.3. The van der Waals surface area contributed by atoms with Crippen LogP contribution in [0.3, 0.4) is 0 Å². The molecule has 0 bridgehead atoms. The summed E-state index contributed by atoms with van der Waals surface area (Å²) in [5.41, 5.74) is 0.372. The number of nitrogens with zero attached hydrogens (tertiary/aromatic N) is 1. The molecular weight excluding hydrogens is 355 g/mol. The Bertz CT molecular complexity index is 666. The number of rotatable bonds is 6. The first-order chi connectivity index (χ1) is 11.0. The summed E-state index contributed by atoms with van der Waals surface area (Å²) < 4.78 is 36.0. The molecule has 1 aromatic carbocycles. The van der Waals surface area contributed by atoms with Gasteiger partial charge in [0.25, 0.3) is 0 Å². The summed E-state index contributed by atoms with van der Waals surface area (Å²) in [5, 5.41) is 2.74. The molecule has 0 unspecified atom stereocenters. The van der Waals surface area contributed by atoms with Crippen LogP contribution in [0.4, 0.5) is 4.39 Å². The molecule has 1 heterocycles. The number of hydrogen-bond donors (Lipinski definition) is 1. The average molecular weight is 377 g/mol. The van der Waals surface area contributed by atoms with Crippen molar-refractivity contribution in [2.75, 3.05) is 37.7 Å². The molecule has 24 heavy (non-hydrogen) atoms. The number of nitrogens with one attached hydrogen (secondary N) is 1. The summed E-state index contributed by atoms with van der Waals surface area (Å²) in [6.45, 7) is 2.38. The molecule has 0 saturated carbocycles. The number of sulfone groups is 1. The summed E-state index contributed by atoms with van der Waals surface area (Å²) in [6, 6.07) is 6.25. The van der Waals surface area contributed by atoms with Crippen molar-refractivity contribution in [1.82, 2.24) is 10.2 Å². The monoisotopic (exact) mass is 376 g/mol. The van der Waals surface area contributed by atoms with Gasteiger partial charge in [-0.25, -0.2) is 12.8 Å². The Labute approximate surface area is 148 Å². The molecule has 0 atom stereocenters. The van der Waals surface area contributed by atoms with E-state index in [1.54, 1.807) is 18.2 Å². The molecule has 0 radical (unpaired) electrons. The Kier molecular flexibility index (Phi) is 8.38. The van der Waals surface area contributed by atoms with Crippen LogP contribution in [0.15, 0.2) is 30.3 Å². The Morgan fingerprint density at radius 2 is 1.92 bits per heavy atom. The Morgan fingerprint density at radius 3 is 2.58 bits per heavy atom. The van der Waals surface area contributed by atoms with E-state index in [1.807, 2.05) is 0 Å². The Morgan fingerprint density at radius 1 is 1.25 bits per heavy atom. The number of halogens is 2. The van der Waals surface area contributed by atoms with Crippen LogP contribution in [0.5, 0.6) is 0 Å². The van der Waals surface area contributed by atoms with Gasteiger partial charge in [-0.15, -0.1) is 12.4 Å². The second-order valence-corrected chi connectivity index (χ2v) is 7.80. The summed E-state index contributed by atoms with van der Waals surface area (Å²) >= 11 is 0. The first-order valence-electron chi connectivity index (χ1n) is 7.59. The highest BCUT2D eigenvalue weighted by Crippen LogP contribution is 2.08. The molecule has 5 nitrogen and oxygen atoms in total. The van der Waals surface area contributed by atoms with E-state index < -0.39 is 9.84 Å². The van der Waals surface area contributed by atoms with Crippen molar-refractivity contribution in [1.29, 1.82) is 0 Å². The second kappa shape index (κ2) is 9.76. The van der Waals surface area contributed by atoms with E-state index in [1.165, 1.54) is 18.2 Å². The summed E-state index contributed by atoms with van der Waals surface area (Å²) in [6.07, 6.45) is 3.51. The lowest BCUT2D eigenvalue weighted by Crippen LogP contribution is -2.41. The third-order valence-corrected chi connectivity index (χ3v) is 5.32. The predicted octanol–water partition coefficient (Wildman–Crippen LogP) is 1.50. The van der Waals surface area contributed by atoms with Gasteiger partial charge in [0, 0.05) is 31.3 Å². The van der Waals surface area contributed by atoms with Gasteiger partial charge in [-0.2, -0.15) is 0 Å². The first-order valence-corrected chi connectivity index (χ1v) is 9.42. The SMILES string of the molecule is Cl.O=C(C=Cc1ccccc1F)NCCCN1CCS(=O)(=O)CC1. The highest BCUT2D eigenvalue weighted by molar-refractivity contribution is 7.91. The summed E-state index contributed by atoms with van der Waals surface area (Å²) in [4.78, 5) is 13.7. The van der Waals surface area contributed by atoms with Crippen molar-refractivity contribution < 1.29 is 17.6 Å². The third kappa shape index (κ3) is 6.98. The highest BCUT2D eigenvalue weighted by atomic mass is 35.5. The van der Waals surface area contributed by atoms with Gasteiger partial charge in [0.1, 0.15) is 5.82 Å². The third-order valence-electron chi connectivity index (χ3n) is 3.71. The number of carbonyl (C=O) groups excluding carboxylic acids is 1. The fourth-order valence-corrected chi connectivity index (χ4v) is 3.60. The van der Waals surface area contributed by atoms with Gasteiger partial charge < -0.3 is 10.2 Å². The first kappa shape index (κ1) is 20.6. The topological polar surface area (TPSA) is 66.5 Å². The second-order valence-electron chi connectivity index (χ2n) is 5.49. The van der Waals surface area contributed by atoms with E-state index in [9.17, 15) is 17.6 Å². The molecule has 1 aliphatic rings. The van der Waals surface area contributed by atoms with E-state index in [2.05, 4.69) is 10.2 Å². The van der Waals surface area contributed by atoms with Crippen LogP contribution in [0, 0.1) is 5.82 Å². The molecule has 1 aliphatic heterocycles. The zero-order valence-corrected chi connectivity index (χ0v) is 14.9. The smallest absolute Gasteiger partial charge is 0.244 e. The van der Waals surface area contributed by atoms with Crippen LogP contribution in [0.25, 0.3) is 6.08 Å². The molecular formula is C16H22ClFN2O3S. The molecule has 1 aromatic rings. The van der Waals surface area contributed by atoms with Crippen LogP contribution in [-0.2, 0) is 14.6 Å². The van der Waals surface area contributed by atoms with E-state index in [-0.39, 0.29) is 35.6 Å². The fraction of sp³-hybridized carbons (Fsp3) is 0.438. The van der Waals surface area contributed by atoms with Gasteiger partial charge in [0.15, 0.2) is 9.84 Å². The average Bonchev–Trinajstić information content (AvgIpc) is 2.52. The minimum Gasteiger partial charge on any atom is -0.353 e. The van der Waals surface area contributed by atoms with E-state index >= 15 is 0 Å². The van der Waals surface area contributed by atoms with Crippen LogP contribution < -0.4 is 5.32 Å². The van der Waals surface area contributed by atoms with Gasteiger partial charge in [-0.05, 0) is 25.1 Å². The molecule has 134 valence electrons. The quantitative estimate of drug-likeness (QED) is 0.603. The molecule has 1 amide bonds. The normalized spacial score (nSPS) is 17.4. The molecule has 0 aromatic heterocycles. The predicted molar refractivity (Wildman–Crippen MR) is 95.4 cm³/mol. The van der Waals surface area contributed by atoms with Crippen molar-refractivity contribution in [3.8, 4) is 0 Å². The van der Waals surface area contributed by atoms with E-state index in [4.69, 9.17) is 0 Å². The maximum atomic E-state index is 13.4. The summed E-state index contributed by atoms with van der Waals surface area (Å²) in [7, 11) is -2.85. The van der Waals surface area contributed by atoms with E-state index in [0.29, 0.717) is 25.2 Å². The lowest BCUT2D eigenvalue weighted by Gasteiger charge is -2.26. The van der Waals surface area contributed by atoms with Crippen molar-refractivity contribution in [3.05, 3.63) is 41.7 Å². The molecule has 1 N–H and O–H groups in total. The van der Waals surface area contributed by atoms with Gasteiger partial charge in [-0.3, -0.25) is 4.79 Å². The number of carbonyl (C=O) groups is 1. The maximum absolute atomic E-state index is 13.4. The lowest BCUT2D eigenvalue weighted by molar-refractivity contribution is -0.116. The fourth-order valence-electron chi connectivity index (χ4n) is 2.32. The molecule has 0 spiro atoms. The van der Waals surface area contributed by atoms with Crippen molar-refractivity contribution in [2.45, 2.75) is 6.42 Å². The van der Waals surface area contributed by atoms with Crippen LogP contribution in [-0.4, -0.2) is 56.9 Å². The Balaban J connectivity index is 0.00000288. The van der Waals surface area contributed by atoms with Gasteiger partial charge in [0.2, 0.25) is 5.91 Å². The maximum Gasteiger partial charge on any atom is 0.244 e. The number of amides is 1. The minimum absolute atomic E-state index is 0. The standard InChI is InChI=1S/C16H21FN2O3S.ClH/c17-15-5-2-1-4-14(15)6-7-16(20)18-8-3-9-19-10-12-23(21,22)13-11-19;/h1-2,4-7H,3,8-13H2,(H,18,20);1H. The Hall–Kier alpha value is -1.44.